The number of benzene rings is 1. The van der Waals surface area contributed by atoms with Gasteiger partial charge in [0.25, 0.3) is 0 Å². The number of rotatable bonds is 3. The van der Waals surface area contributed by atoms with Gasteiger partial charge in [-0.3, -0.25) is 0 Å². The molecule has 0 aliphatic carbocycles. The molecule has 1 aromatic carbocycles. The minimum absolute atomic E-state index is 0.159. The minimum atomic E-state index is -0.159. The maximum Gasteiger partial charge on any atom is 0.123 e. The van der Waals surface area contributed by atoms with Crippen LogP contribution in [0.4, 0.5) is 4.39 Å². The molecule has 0 saturated heterocycles. The molecule has 1 aromatic rings. The molecule has 3 heteroatoms. The topological polar surface area (TPSA) is 0 Å². The fourth-order valence-electron chi connectivity index (χ4n) is 0.982. The molecule has 0 amide bonds. The summed E-state index contributed by atoms with van der Waals surface area (Å²) in [5.74, 6) is 1.42. The molecule has 0 spiro atoms. The van der Waals surface area contributed by atoms with Gasteiger partial charge >= 0.3 is 0 Å². The van der Waals surface area contributed by atoms with E-state index in [0.29, 0.717) is 5.92 Å². The van der Waals surface area contributed by atoms with Crippen LogP contribution < -0.4 is 0 Å². The Hall–Kier alpha value is 0.230. The lowest BCUT2D eigenvalue weighted by atomic mass is 10.0. The van der Waals surface area contributed by atoms with E-state index in [-0.39, 0.29) is 5.82 Å². The quantitative estimate of drug-likeness (QED) is 0.759. The van der Waals surface area contributed by atoms with E-state index >= 15 is 0 Å². The highest BCUT2D eigenvalue weighted by Crippen LogP contribution is 2.23. The first-order valence-electron chi connectivity index (χ1n) is 3.73. The summed E-state index contributed by atoms with van der Waals surface area (Å²) < 4.78 is 12.5. The lowest BCUT2D eigenvalue weighted by Crippen LogP contribution is -1.94. The monoisotopic (exact) mass is 296 g/mol. The van der Waals surface area contributed by atoms with Crippen molar-refractivity contribution in [3.8, 4) is 0 Å². The van der Waals surface area contributed by atoms with Gasteiger partial charge in [0.15, 0.2) is 0 Å². The molecule has 1 atom stereocenters. The average Bonchev–Trinajstić information content (AvgIpc) is 2.06. The van der Waals surface area contributed by atoms with Crippen molar-refractivity contribution in [2.45, 2.75) is 12.8 Å². The second-order valence-corrected chi connectivity index (χ2v) is 5.15. The fourth-order valence-corrected chi connectivity index (χ4v) is 2.98. The van der Waals surface area contributed by atoms with Gasteiger partial charge in [-0.2, -0.15) is 0 Å². The van der Waals surface area contributed by atoms with Crippen LogP contribution in [0.15, 0.2) is 24.3 Å². The van der Waals surface area contributed by atoms with Crippen molar-refractivity contribution in [3.63, 3.8) is 0 Å². The smallest absolute Gasteiger partial charge is 0.123 e. The highest BCUT2D eigenvalue weighted by Gasteiger charge is 2.03. The maximum absolute atomic E-state index is 12.5. The van der Waals surface area contributed by atoms with Crippen LogP contribution in [0.5, 0.6) is 0 Å². The zero-order chi connectivity index (χ0) is 8.97. The normalized spacial score (nSPS) is 12.9. The number of hydrogen-bond acceptors (Lipinski definition) is 1. The zero-order valence-corrected chi connectivity index (χ0v) is 9.73. The van der Waals surface area contributed by atoms with E-state index in [1.165, 1.54) is 17.7 Å². The molecular weight excluding hydrogens is 286 g/mol. The molecule has 66 valence electrons. The molecule has 0 fully saturated rings. The standard InChI is InChI=1S/C9H10FIS/c1-7(6-12-11)8-2-4-9(10)5-3-8/h2-5,7H,6H2,1H3. The molecule has 0 nitrogen and oxygen atoms in total. The van der Waals surface area contributed by atoms with Crippen molar-refractivity contribution in [1.82, 2.24) is 0 Å². The third kappa shape index (κ3) is 2.94. The van der Waals surface area contributed by atoms with Crippen LogP contribution in [0.25, 0.3) is 0 Å². The summed E-state index contributed by atoms with van der Waals surface area (Å²) in [6.45, 7) is 2.15. The highest BCUT2D eigenvalue weighted by molar-refractivity contribution is 14.2. The Morgan fingerprint density at radius 1 is 1.42 bits per heavy atom. The SMILES string of the molecule is CC(CSI)c1ccc(F)cc1. The average molecular weight is 296 g/mol. The van der Waals surface area contributed by atoms with E-state index in [1.54, 1.807) is 8.93 Å². The van der Waals surface area contributed by atoms with Crippen LogP contribution in [0.1, 0.15) is 18.4 Å². The van der Waals surface area contributed by atoms with Gasteiger partial charge in [-0.25, -0.2) is 4.39 Å². The van der Waals surface area contributed by atoms with Crippen LogP contribution in [-0.2, 0) is 0 Å². The molecule has 1 rings (SSSR count). The molecule has 12 heavy (non-hydrogen) atoms. The van der Waals surface area contributed by atoms with Crippen molar-refractivity contribution >= 4 is 30.1 Å². The molecule has 1 unspecified atom stereocenters. The van der Waals surface area contributed by atoms with E-state index < -0.39 is 0 Å². The van der Waals surface area contributed by atoms with Gasteiger partial charge in [-0.15, -0.1) is 0 Å². The van der Waals surface area contributed by atoms with Crippen molar-refractivity contribution in [1.29, 1.82) is 0 Å². The lowest BCUT2D eigenvalue weighted by molar-refractivity contribution is 0.626. The summed E-state index contributed by atoms with van der Waals surface area (Å²) in [4.78, 5) is 0. The Morgan fingerprint density at radius 3 is 2.50 bits per heavy atom. The number of halogens is 2. The van der Waals surface area contributed by atoms with E-state index in [1.807, 2.05) is 12.1 Å². The van der Waals surface area contributed by atoms with Crippen LogP contribution in [-0.4, -0.2) is 5.75 Å². The Bertz CT molecular complexity index is 235. The first-order valence-corrected chi connectivity index (χ1v) is 7.26. The van der Waals surface area contributed by atoms with E-state index in [0.717, 1.165) is 5.75 Å². The summed E-state index contributed by atoms with van der Waals surface area (Å²) in [5.41, 5.74) is 1.21. The predicted octanol–water partition coefficient (Wildman–Crippen LogP) is 4.01. The van der Waals surface area contributed by atoms with Crippen LogP contribution in [0, 0.1) is 5.82 Å². The Kier molecular flexibility index (Phi) is 4.35. The highest BCUT2D eigenvalue weighted by atomic mass is 127. The van der Waals surface area contributed by atoms with Crippen molar-refractivity contribution in [2.24, 2.45) is 0 Å². The van der Waals surface area contributed by atoms with Crippen LogP contribution >= 0.6 is 30.1 Å². The fraction of sp³-hybridized carbons (Fsp3) is 0.333. The summed E-state index contributed by atoms with van der Waals surface area (Å²) >= 11 is 2.28. The van der Waals surface area contributed by atoms with Gasteiger partial charge in [0, 0.05) is 5.75 Å². The van der Waals surface area contributed by atoms with Gasteiger partial charge < -0.3 is 0 Å². The minimum Gasteiger partial charge on any atom is -0.207 e. The molecule has 0 radical (unpaired) electrons. The Balaban J connectivity index is 2.68. The maximum atomic E-state index is 12.5. The Morgan fingerprint density at radius 2 is 2.00 bits per heavy atom. The summed E-state index contributed by atoms with van der Waals surface area (Å²) in [6.07, 6.45) is 0. The van der Waals surface area contributed by atoms with Gasteiger partial charge in [0.1, 0.15) is 5.82 Å². The molecule has 0 saturated carbocycles. The third-order valence-electron chi connectivity index (χ3n) is 1.75. The lowest BCUT2D eigenvalue weighted by Gasteiger charge is -2.08. The third-order valence-corrected chi connectivity index (χ3v) is 3.46. The molecule has 0 aliphatic heterocycles. The molecule has 0 N–H and O–H groups in total. The molecule has 0 aliphatic rings. The van der Waals surface area contributed by atoms with E-state index in [2.05, 4.69) is 28.1 Å². The van der Waals surface area contributed by atoms with Crippen LogP contribution in [0.2, 0.25) is 0 Å². The van der Waals surface area contributed by atoms with Crippen molar-refractivity contribution < 1.29 is 4.39 Å². The predicted molar refractivity (Wildman–Crippen MR) is 61.3 cm³/mol. The van der Waals surface area contributed by atoms with Gasteiger partial charge in [-0.05, 0) is 44.8 Å². The molecule has 0 heterocycles. The summed E-state index contributed by atoms with van der Waals surface area (Å²) in [5, 5.41) is 0. The van der Waals surface area contributed by atoms with Crippen molar-refractivity contribution in [2.75, 3.05) is 5.75 Å². The summed E-state index contributed by atoms with van der Waals surface area (Å²) in [7, 11) is 1.79. The Labute approximate surface area is 88.5 Å². The van der Waals surface area contributed by atoms with Crippen molar-refractivity contribution in [3.05, 3.63) is 35.6 Å². The van der Waals surface area contributed by atoms with Gasteiger partial charge in [0.2, 0.25) is 0 Å². The van der Waals surface area contributed by atoms with E-state index in [4.69, 9.17) is 0 Å². The van der Waals surface area contributed by atoms with Gasteiger partial charge in [-0.1, -0.05) is 28.0 Å². The molecular formula is C9H10FIS. The molecule has 0 bridgehead atoms. The first-order chi connectivity index (χ1) is 5.74. The number of hydrogen-bond donors (Lipinski definition) is 0. The van der Waals surface area contributed by atoms with Crippen LogP contribution in [0.3, 0.4) is 0 Å². The first kappa shape index (κ1) is 10.3. The second kappa shape index (κ2) is 5.07. The summed E-state index contributed by atoms with van der Waals surface area (Å²) in [6, 6.07) is 6.74. The second-order valence-electron chi connectivity index (χ2n) is 2.73. The van der Waals surface area contributed by atoms with Gasteiger partial charge in [0.05, 0.1) is 0 Å². The molecule has 0 aromatic heterocycles. The van der Waals surface area contributed by atoms with E-state index in [9.17, 15) is 4.39 Å². The largest absolute Gasteiger partial charge is 0.207 e. The zero-order valence-electron chi connectivity index (χ0n) is 6.76.